The van der Waals surface area contributed by atoms with Crippen molar-refractivity contribution in [3.8, 4) is 0 Å². The summed E-state index contributed by atoms with van der Waals surface area (Å²) in [6.07, 6.45) is 1.44. The first-order valence-corrected chi connectivity index (χ1v) is 4.81. The summed E-state index contributed by atoms with van der Waals surface area (Å²) in [6.45, 7) is 3.49. The monoisotopic (exact) mass is 211 g/mol. The molecule has 0 saturated heterocycles. The van der Waals surface area contributed by atoms with Crippen molar-refractivity contribution in [1.29, 1.82) is 0 Å². The van der Waals surface area contributed by atoms with Crippen molar-refractivity contribution in [2.24, 2.45) is 5.18 Å². The highest BCUT2D eigenvalue weighted by Gasteiger charge is 2.23. The third kappa shape index (κ3) is 2.50. The molecule has 1 aromatic rings. The summed E-state index contributed by atoms with van der Waals surface area (Å²) >= 11 is 1.30. The van der Waals surface area contributed by atoms with Crippen molar-refractivity contribution < 1.29 is 9.53 Å². The molecule has 0 aliphatic rings. The van der Waals surface area contributed by atoms with Gasteiger partial charge in [0.2, 0.25) is 6.04 Å². The van der Waals surface area contributed by atoms with Gasteiger partial charge in [-0.25, -0.2) is 4.79 Å². The van der Waals surface area contributed by atoms with Crippen molar-refractivity contribution in [3.63, 3.8) is 0 Å². The minimum atomic E-state index is -1.05. The second kappa shape index (κ2) is 5.29. The van der Waals surface area contributed by atoms with Gasteiger partial charge in [0, 0.05) is 4.88 Å². The van der Waals surface area contributed by atoms with Crippen LogP contribution in [-0.4, -0.2) is 12.6 Å². The molecular formula is C9H9NO3S. The van der Waals surface area contributed by atoms with Gasteiger partial charge in [-0.1, -0.05) is 18.7 Å². The molecule has 1 unspecified atom stereocenters. The van der Waals surface area contributed by atoms with Crippen LogP contribution in [0.3, 0.4) is 0 Å². The average Bonchev–Trinajstić information content (AvgIpc) is 2.69. The lowest BCUT2D eigenvalue weighted by atomic mass is 10.2. The Hall–Kier alpha value is -1.49. The van der Waals surface area contributed by atoms with Gasteiger partial charge in [0.15, 0.2) is 0 Å². The number of nitroso groups, excluding NO2 is 1. The molecule has 0 saturated carbocycles. The topological polar surface area (TPSA) is 55.7 Å². The number of ether oxygens (including phenoxy) is 1. The fourth-order valence-electron chi connectivity index (χ4n) is 0.878. The molecule has 0 aliphatic carbocycles. The molecule has 0 amide bonds. The third-order valence-corrected chi connectivity index (χ3v) is 2.41. The van der Waals surface area contributed by atoms with Gasteiger partial charge in [0.1, 0.15) is 6.61 Å². The molecule has 0 spiro atoms. The first-order chi connectivity index (χ1) is 6.79. The van der Waals surface area contributed by atoms with E-state index < -0.39 is 12.0 Å². The summed E-state index contributed by atoms with van der Waals surface area (Å²) < 4.78 is 4.72. The van der Waals surface area contributed by atoms with E-state index in [0.717, 1.165) is 0 Å². The molecule has 0 radical (unpaired) electrons. The smallest absolute Gasteiger partial charge is 0.340 e. The van der Waals surface area contributed by atoms with Gasteiger partial charge < -0.3 is 4.74 Å². The van der Waals surface area contributed by atoms with E-state index in [2.05, 4.69) is 11.8 Å². The molecular weight excluding hydrogens is 202 g/mol. The van der Waals surface area contributed by atoms with E-state index in [-0.39, 0.29) is 6.61 Å². The third-order valence-electron chi connectivity index (χ3n) is 1.48. The molecule has 0 N–H and O–H groups in total. The summed E-state index contributed by atoms with van der Waals surface area (Å²) in [5.74, 6) is -0.637. The predicted octanol–water partition coefficient (Wildman–Crippen LogP) is 2.28. The summed E-state index contributed by atoms with van der Waals surface area (Å²) in [6, 6.07) is 2.38. The van der Waals surface area contributed by atoms with Gasteiger partial charge in [-0.3, -0.25) is 0 Å². The van der Waals surface area contributed by atoms with Gasteiger partial charge in [-0.05, 0) is 16.6 Å². The second-order valence-corrected chi connectivity index (χ2v) is 3.42. The molecule has 1 heterocycles. The molecule has 1 atom stereocenters. The number of thiophene rings is 1. The number of hydrogen-bond donors (Lipinski definition) is 0. The number of nitrogens with zero attached hydrogens (tertiary/aromatic N) is 1. The van der Waals surface area contributed by atoms with Crippen LogP contribution >= 0.6 is 11.3 Å². The fourth-order valence-corrected chi connectivity index (χ4v) is 1.62. The first kappa shape index (κ1) is 10.6. The number of rotatable bonds is 5. The Bertz CT molecular complexity index is 321. The van der Waals surface area contributed by atoms with E-state index in [0.29, 0.717) is 4.88 Å². The number of esters is 1. The zero-order valence-corrected chi connectivity index (χ0v) is 8.20. The quantitative estimate of drug-likeness (QED) is 0.426. The van der Waals surface area contributed by atoms with E-state index in [1.54, 1.807) is 17.5 Å². The highest BCUT2D eigenvalue weighted by Crippen LogP contribution is 2.23. The molecule has 0 fully saturated rings. The van der Waals surface area contributed by atoms with Gasteiger partial charge in [-0.15, -0.1) is 16.2 Å². The van der Waals surface area contributed by atoms with Crippen LogP contribution in [0.5, 0.6) is 0 Å². The predicted molar refractivity (Wildman–Crippen MR) is 54.0 cm³/mol. The number of carbonyl (C=O) groups excluding carboxylic acids is 1. The summed E-state index contributed by atoms with van der Waals surface area (Å²) in [7, 11) is 0. The average molecular weight is 211 g/mol. The van der Waals surface area contributed by atoms with Crippen molar-refractivity contribution in [3.05, 3.63) is 40.0 Å². The Labute approximate surface area is 85.2 Å². The van der Waals surface area contributed by atoms with E-state index in [1.165, 1.54) is 17.4 Å². The van der Waals surface area contributed by atoms with Crippen LogP contribution in [0.1, 0.15) is 10.9 Å². The molecule has 4 nitrogen and oxygen atoms in total. The Morgan fingerprint density at radius 1 is 1.79 bits per heavy atom. The Morgan fingerprint density at radius 2 is 2.57 bits per heavy atom. The van der Waals surface area contributed by atoms with Gasteiger partial charge in [0.05, 0.1) is 0 Å². The standard InChI is InChI=1S/C9H9NO3S/c1-2-5-13-9(11)8(10-12)7-4-3-6-14-7/h2-4,6,8H,1,5H2. The van der Waals surface area contributed by atoms with E-state index in [4.69, 9.17) is 4.74 Å². The summed E-state index contributed by atoms with van der Waals surface area (Å²) in [5, 5.41) is 4.51. The molecule has 0 aliphatic heterocycles. The Morgan fingerprint density at radius 3 is 3.07 bits per heavy atom. The van der Waals surface area contributed by atoms with Gasteiger partial charge >= 0.3 is 5.97 Å². The zero-order valence-electron chi connectivity index (χ0n) is 7.38. The molecule has 1 aromatic heterocycles. The van der Waals surface area contributed by atoms with Crippen LogP contribution in [0, 0.1) is 4.91 Å². The highest BCUT2D eigenvalue weighted by molar-refractivity contribution is 7.10. The van der Waals surface area contributed by atoms with E-state index >= 15 is 0 Å². The van der Waals surface area contributed by atoms with E-state index in [1.807, 2.05) is 0 Å². The van der Waals surface area contributed by atoms with Crippen LogP contribution in [0.25, 0.3) is 0 Å². The number of carbonyl (C=O) groups is 1. The SMILES string of the molecule is C=CCOC(=O)C(N=O)c1cccs1. The molecule has 14 heavy (non-hydrogen) atoms. The largest absolute Gasteiger partial charge is 0.460 e. The zero-order chi connectivity index (χ0) is 10.4. The Kier molecular flexibility index (Phi) is 4.00. The maximum Gasteiger partial charge on any atom is 0.340 e. The lowest BCUT2D eigenvalue weighted by Gasteiger charge is -2.05. The maximum atomic E-state index is 11.3. The number of hydrogen-bond acceptors (Lipinski definition) is 5. The van der Waals surface area contributed by atoms with Crippen LogP contribution in [0.15, 0.2) is 35.3 Å². The summed E-state index contributed by atoms with van der Waals surface area (Å²) in [4.78, 5) is 22.3. The highest BCUT2D eigenvalue weighted by atomic mass is 32.1. The van der Waals surface area contributed by atoms with Crippen LogP contribution in [0.2, 0.25) is 0 Å². The second-order valence-electron chi connectivity index (χ2n) is 2.44. The first-order valence-electron chi connectivity index (χ1n) is 3.93. The normalized spacial score (nSPS) is 11.7. The minimum absolute atomic E-state index is 0.0935. The molecule has 1 rings (SSSR count). The maximum absolute atomic E-state index is 11.3. The lowest BCUT2D eigenvalue weighted by molar-refractivity contribution is -0.144. The van der Waals surface area contributed by atoms with Crippen LogP contribution in [-0.2, 0) is 9.53 Å². The minimum Gasteiger partial charge on any atom is -0.460 e. The van der Waals surface area contributed by atoms with Gasteiger partial charge in [0.25, 0.3) is 0 Å². The van der Waals surface area contributed by atoms with Crippen molar-refractivity contribution in [2.45, 2.75) is 6.04 Å². The van der Waals surface area contributed by atoms with Crippen molar-refractivity contribution in [1.82, 2.24) is 0 Å². The molecule has 0 bridgehead atoms. The van der Waals surface area contributed by atoms with Crippen molar-refractivity contribution in [2.75, 3.05) is 6.61 Å². The summed E-state index contributed by atoms with van der Waals surface area (Å²) in [5.41, 5.74) is 0. The van der Waals surface area contributed by atoms with Gasteiger partial charge in [-0.2, -0.15) is 0 Å². The van der Waals surface area contributed by atoms with Crippen LogP contribution < -0.4 is 0 Å². The fraction of sp³-hybridized carbons (Fsp3) is 0.222. The van der Waals surface area contributed by atoms with Crippen molar-refractivity contribution >= 4 is 17.3 Å². The van der Waals surface area contributed by atoms with E-state index in [9.17, 15) is 9.70 Å². The van der Waals surface area contributed by atoms with Crippen LogP contribution in [0.4, 0.5) is 0 Å². The molecule has 5 heteroatoms. The Balaban J connectivity index is 2.67. The molecule has 74 valence electrons. The lowest BCUT2D eigenvalue weighted by Crippen LogP contribution is -2.12. The molecule has 0 aromatic carbocycles.